The molecule has 3 nitrogen and oxygen atoms in total. The molecule has 0 bridgehead atoms. The molecule has 0 aliphatic heterocycles. The van der Waals surface area contributed by atoms with Gasteiger partial charge in [-0.25, -0.2) is 4.98 Å². The lowest BCUT2D eigenvalue weighted by Crippen LogP contribution is -1.84. The molecule has 6 heteroatoms. The number of halogens is 2. The summed E-state index contributed by atoms with van der Waals surface area (Å²) >= 11 is 5.88. The van der Waals surface area contributed by atoms with E-state index in [1.165, 1.54) is 0 Å². The minimum absolute atomic E-state index is 0.878. The van der Waals surface area contributed by atoms with E-state index >= 15 is 0 Å². The fraction of sp³-hybridized carbons (Fsp3) is 0. The topological polar surface area (TPSA) is 38.7 Å². The average molecular weight is 415 g/mol. The van der Waals surface area contributed by atoms with Gasteiger partial charge >= 0.3 is 0 Å². The molecule has 2 heterocycles. The number of hydrogen-bond donors (Lipinski definition) is 0. The average Bonchev–Trinajstić information content (AvgIpc) is 2.52. The molecule has 2 rings (SSSR count). The van der Waals surface area contributed by atoms with Gasteiger partial charge in [0.15, 0.2) is 8.02 Å². The van der Waals surface area contributed by atoms with Crippen LogP contribution in [-0.2, 0) is 0 Å². The number of pyridine rings is 1. The third-order valence-electron chi connectivity index (χ3n) is 1.33. The first-order valence-corrected chi connectivity index (χ1v) is 6.35. The summed E-state index contributed by atoms with van der Waals surface area (Å²) in [6.07, 6.45) is 0. The van der Waals surface area contributed by atoms with Crippen molar-refractivity contribution < 1.29 is 0 Å². The Morgan fingerprint density at radius 2 is 2.00 bits per heavy atom. The molecule has 0 atom stereocenters. The molecule has 13 heavy (non-hydrogen) atoms. The third kappa shape index (κ3) is 2.34. The van der Waals surface area contributed by atoms with Crippen molar-refractivity contribution in [1.29, 1.82) is 0 Å². The highest BCUT2D eigenvalue weighted by Crippen LogP contribution is 2.22. The predicted molar refractivity (Wildman–Crippen MR) is 68.6 cm³/mol. The van der Waals surface area contributed by atoms with Crippen LogP contribution in [0.2, 0.25) is 0 Å². The van der Waals surface area contributed by atoms with Gasteiger partial charge in [0.05, 0.1) is 0 Å². The van der Waals surface area contributed by atoms with Gasteiger partial charge in [0.1, 0.15) is 9.39 Å². The molecule has 0 saturated carbocycles. The Morgan fingerprint density at radius 3 is 2.62 bits per heavy atom. The van der Waals surface area contributed by atoms with E-state index in [1.54, 1.807) is 11.3 Å². The molecule has 2 aromatic heterocycles. The van der Waals surface area contributed by atoms with E-state index in [4.69, 9.17) is 0 Å². The molecule has 0 aromatic carbocycles. The number of nitrogens with zero attached hydrogens (tertiary/aromatic N) is 3. The summed E-state index contributed by atoms with van der Waals surface area (Å²) in [5, 5.41) is 8.84. The number of rotatable bonds is 1. The zero-order chi connectivity index (χ0) is 9.26. The smallest absolute Gasteiger partial charge is 0.178 e. The van der Waals surface area contributed by atoms with Crippen molar-refractivity contribution in [1.82, 2.24) is 15.2 Å². The zero-order valence-electron chi connectivity index (χ0n) is 6.24. The van der Waals surface area contributed by atoms with Crippen molar-refractivity contribution in [2.45, 2.75) is 0 Å². The van der Waals surface area contributed by atoms with Gasteiger partial charge in [-0.2, -0.15) is 0 Å². The molecule has 0 aliphatic rings. The monoisotopic (exact) mass is 415 g/mol. The number of hydrogen-bond acceptors (Lipinski definition) is 4. The molecular weight excluding hydrogens is 412 g/mol. The van der Waals surface area contributed by atoms with E-state index in [2.05, 4.69) is 60.4 Å². The lowest BCUT2D eigenvalue weighted by Gasteiger charge is -1.93. The van der Waals surface area contributed by atoms with Crippen LogP contribution < -0.4 is 0 Å². The van der Waals surface area contributed by atoms with E-state index in [9.17, 15) is 0 Å². The summed E-state index contributed by atoms with van der Waals surface area (Å²) in [6.45, 7) is 0. The molecule has 0 N–H and O–H groups in total. The van der Waals surface area contributed by atoms with Crippen LogP contribution in [0.1, 0.15) is 0 Å². The fourth-order valence-electron chi connectivity index (χ4n) is 0.836. The lowest BCUT2D eigenvalue weighted by atomic mass is 10.4. The van der Waals surface area contributed by atoms with Gasteiger partial charge in [-0.3, -0.25) is 0 Å². The molecule has 0 saturated heterocycles. The molecule has 0 spiro atoms. The van der Waals surface area contributed by atoms with E-state index in [1.807, 2.05) is 18.2 Å². The summed E-state index contributed by atoms with van der Waals surface area (Å²) in [5.41, 5.74) is 0.896. The van der Waals surface area contributed by atoms with Crippen molar-refractivity contribution >= 4 is 56.5 Å². The van der Waals surface area contributed by atoms with E-state index < -0.39 is 0 Å². The molecular formula is C7H3I2N3S. The van der Waals surface area contributed by atoms with Gasteiger partial charge < -0.3 is 0 Å². The lowest BCUT2D eigenvalue weighted by molar-refractivity contribution is 1.06. The first kappa shape index (κ1) is 9.71. The van der Waals surface area contributed by atoms with E-state index in [0.29, 0.717) is 0 Å². The Kier molecular flexibility index (Phi) is 3.09. The number of aromatic nitrogens is 3. The SMILES string of the molecule is Ic1cccc(-c2nnc(I)s2)n1. The first-order chi connectivity index (χ1) is 6.25. The summed E-state index contributed by atoms with van der Waals surface area (Å²) in [7, 11) is 0. The highest BCUT2D eigenvalue weighted by atomic mass is 127. The Morgan fingerprint density at radius 1 is 1.15 bits per heavy atom. The summed E-state index contributed by atoms with van der Waals surface area (Å²) in [5.74, 6) is 0. The van der Waals surface area contributed by atoms with Crippen LogP contribution in [0, 0.1) is 6.72 Å². The standard InChI is InChI=1S/C7H3I2N3S/c8-5-3-1-2-4(10-5)6-11-12-7(9)13-6/h1-3H. The Labute approximate surface area is 106 Å². The first-order valence-electron chi connectivity index (χ1n) is 3.37. The van der Waals surface area contributed by atoms with Crippen molar-refractivity contribution in [2.75, 3.05) is 0 Å². The largest absolute Gasteiger partial charge is 0.239 e. The maximum Gasteiger partial charge on any atom is 0.178 e. The second-order valence-electron chi connectivity index (χ2n) is 2.21. The van der Waals surface area contributed by atoms with Crippen LogP contribution in [0.15, 0.2) is 18.2 Å². The summed E-state index contributed by atoms with van der Waals surface area (Å²) < 4.78 is 1.91. The van der Waals surface area contributed by atoms with Crippen LogP contribution in [0.3, 0.4) is 0 Å². The maximum absolute atomic E-state index is 4.35. The second-order valence-corrected chi connectivity index (χ2v) is 6.04. The quantitative estimate of drug-likeness (QED) is 0.532. The Balaban J connectivity index is 2.46. The maximum atomic E-state index is 4.35. The third-order valence-corrected chi connectivity index (χ3v) is 3.55. The summed E-state index contributed by atoms with van der Waals surface area (Å²) in [6, 6.07) is 5.87. The van der Waals surface area contributed by atoms with E-state index in [-0.39, 0.29) is 0 Å². The molecule has 0 unspecified atom stereocenters. The van der Waals surface area contributed by atoms with Crippen molar-refractivity contribution in [3.05, 3.63) is 24.9 Å². The van der Waals surface area contributed by atoms with E-state index in [0.717, 1.165) is 17.4 Å². The molecule has 66 valence electrons. The normalized spacial score (nSPS) is 10.3. The fourth-order valence-corrected chi connectivity index (χ4v) is 2.58. The van der Waals surface area contributed by atoms with Gasteiger partial charge in [-0.1, -0.05) is 17.4 Å². The molecule has 0 fully saturated rings. The summed E-state index contributed by atoms with van der Waals surface area (Å²) in [4.78, 5) is 4.35. The van der Waals surface area contributed by atoms with Crippen LogP contribution in [0.5, 0.6) is 0 Å². The predicted octanol–water partition coefficient (Wildman–Crippen LogP) is 2.81. The van der Waals surface area contributed by atoms with Crippen molar-refractivity contribution in [2.24, 2.45) is 0 Å². The molecule has 0 aliphatic carbocycles. The van der Waals surface area contributed by atoms with Gasteiger partial charge in [-0.05, 0) is 57.3 Å². The van der Waals surface area contributed by atoms with Gasteiger partial charge in [0.25, 0.3) is 0 Å². The highest BCUT2D eigenvalue weighted by molar-refractivity contribution is 14.1. The Bertz CT molecular complexity index is 429. The van der Waals surface area contributed by atoms with Crippen LogP contribution >= 0.6 is 56.5 Å². The minimum atomic E-state index is 0.878. The molecule has 0 radical (unpaired) electrons. The Hall–Kier alpha value is 0.170. The highest BCUT2D eigenvalue weighted by Gasteiger charge is 2.05. The van der Waals surface area contributed by atoms with Crippen LogP contribution in [-0.4, -0.2) is 15.2 Å². The zero-order valence-corrected chi connectivity index (χ0v) is 11.4. The molecule has 0 amide bonds. The van der Waals surface area contributed by atoms with Crippen molar-refractivity contribution in [3.8, 4) is 10.7 Å². The van der Waals surface area contributed by atoms with Gasteiger partial charge in [-0.15, -0.1) is 10.2 Å². The van der Waals surface area contributed by atoms with Crippen LogP contribution in [0.25, 0.3) is 10.7 Å². The van der Waals surface area contributed by atoms with Gasteiger partial charge in [0.2, 0.25) is 0 Å². The molecule has 2 aromatic rings. The van der Waals surface area contributed by atoms with Crippen molar-refractivity contribution in [3.63, 3.8) is 0 Å². The second kappa shape index (κ2) is 4.13. The minimum Gasteiger partial charge on any atom is -0.239 e. The van der Waals surface area contributed by atoms with Crippen LogP contribution in [0.4, 0.5) is 0 Å². The van der Waals surface area contributed by atoms with Gasteiger partial charge in [0, 0.05) is 0 Å².